The average molecular weight is 303 g/mol. The fraction of sp³-hybridized carbons (Fsp3) is 0.500. The van der Waals surface area contributed by atoms with E-state index in [2.05, 4.69) is 20.7 Å². The Hall–Kier alpha value is -0.830. The predicted molar refractivity (Wildman–Crippen MR) is 77.8 cm³/mol. The largest absolute Gasteiger partial charge is 0.465 e. The molecule has 3 heteroatoms. The van der Waals surface area contributed by atoms with Gasteiger partial charge in [0.15, 0.2) is 0 Å². The van der Waals surface area contributed by atoms with E-state index in [1.165, 1.54) is 7.11 Å². The topological polar surface area (TPSA) is 26.3 Å². The lowest BCUT2D eigenvalue weighted by atomic mass is 10.1. The number of carbonyl (C=O) groups is 1. The van der Waals surface area contributed by atoms with Crippen LogP contribution >= 0.6 is 15.9 Å². The molecule has 0 aromatic heterocycles. The molecule has 0 N–H and O–H groups in total. The van der Waals surface area contributed by atoms with Gasteiger partial charge in [0, 0.05) is 5.33 Å². The lowest BCUT2D eigenvalue weighted by Gasteiger charge is -2.04. The Morgan fingerprint density at radius 1 is 1.24 bits per heavy atom. The molecule has 0 fully saturated rings. The number of esters is 1. The van der Waals surface area contributed by atoms with Crippen LogP contribution in [-0.4, -0.2) is 13.1 Å². The van der Waals surface area contributed by atoms with Crippen LogP contribution < -0.4 is 0 Å². The summed E-state index contributed by atoms with van der Waals surface area (Å²) in [6.45, 7) is 9.89. The summed E-state index contributed by atoms with van der Waals surface area (Å²) in [5, 5.41) is 0.747. The van der Waals surface area contributed by atoms with Crippen molar-refractivity contribution in [1.29, 1.82) is 0 Å². The van der Waals surface area contributed by atoms with Crippen molar-refractivity contribution in [3.05, 3.63) is 34.9 Å². The van der Waals surface area contributed by atoms with Gasteiger partial charge in [-0.15, -0.1) is 0 Å². The SMILES string of the molecule is CC.CC.COC(=O)c1cc(CBr)ccc1C. The highest BCUT2D eigenvalue weighted by molar-refractivity contribution is 9.08. The first kappa shape index (κ1) is 18.5. The maximum absolute atomic E-state index is 11.3. The molecule has 98 valence electrons. The number of carbonyl (C=O) groups excluding carboxylic acids is 1. The van der Waals surface area contributed by atoms with E-state index in [9.17, 15) is 4.79 Å². The molecule has 1 rings (SSSR count). The second-order valence-electron chi connectivity index (χ2n) is 2.77. The van der Waals surface area contributed by atoms with E-state index in [4.69, 9.17) is 0 Å². The van der Waals surface area contributed by atoms with Crippen molar-refractivity contribution in [3.8, 4) is 0 Å². The highest BCUT2D eigenvalue weighted by Crippen LogP contribution is 2.14. The average Bonchev–Trinajstić information content (AvgIpc) is 2.43. The lowest BCUT2D eigenvalue weighted by molar-refractivity contribution is 0.0600. The molecule has 1 aromatic carbocycles. The standard InChI is InChI=1S/C10H11BrO2.2C2H6/c1-7-3-4-8(6-11)5-9(7)10(12)13-2;2*1-2/h3-5H,6H2,1-2H3;2*1-2H3. The quantitative estimate of drug-likeness (QED) is 0.583. The monoisotopic (exact) mass is 302 g/mol. The van der Waals surface area contributed by atoms with Crippen LogP contribution in [-0.2, 0) is 10.1 Å². The number of hydrogen-bond donors (Lipinski definition) is 0. The van der Waals surface area contributed by atoms with Crippen molar-refractivity contribution in [2.75, 3.05) is 7.11 Å². The number of ether oxygens (including phenoxy) is 1. The molecule has 0 amide bonds. The minimum absolute atomic E-state index is 0.277. The third kappa shape index (κ3) is 6.47. The van der Waals surface area contributed by atoms with Gasteiger partial charge in [0.05, 0.1) is 12.7 Å². The van der Waals surface area contributed by atoms with E-state index in [1.54, 1.807) is 0 Å². The summed E-state index contributed by atoms with van der Waals surface area (Å²) < 4.78 is 4.66. The molecule has 0 spiro atoms. The summed E-state index contributed by atoms with van der Waals surface area (Å²) in [6.07, 6.45) is 0. The van der Waals surface area contributed by atoms with Gasteiger partial charge in [-0.3, -0.25) is 0 Å². The Labute approximate surface area is 114 Å². The summed E-state index contributed by atoms with van der Waals surface area (Å²) in [6, 6.07) is 5.75. The lowest BCUT2D eigenvalue weighted by Crippen LogP contribution is -2.04. The molecule has 0 atom stereocenters. The van der Waals surface area contributed by atoms with Crippen molar-refractivity contribution in [1.82, 2.24) is 0 Å². The molecule has 0 heterocycles. The van der Waals surface area contributed by atoms with Crippen LogP contribution in [0.25, 0.3) is 0 Å². The molecule has 2 nitrogen and oxygen atoms in total. The Morgan fingerprint density at radius 2 is 1.76 bits per heavy atom. The van der Waals surface area contributed by atoms with E-state index >= 15 is 0 Å². The Balaban J connectivity index is 0. The maximum Gasteiger partial charge on any atom is 0.338 e. The Morgan fingerprint density at radius 3 is 2.18 bits per heavy atom. The van der Waals surface area contributed by atoms with Crippen LogP contribution in [0.2, 0.25) is 0 Å². The number of alkyl halides is 1. The third-order valence-electron chi connectivity index (χ3n) is 1.86. The smallest absolute Gasteiger partial charge is 0.338 e. The molecule has 0 radical (unpaired) electrons. The van der Waals surface area contributed by atoms with Gasteiger partial charge in [-0.05, 0) is 24.1 Å². The van der Waals surface area contributed by atoms with Gasteiger partial charge in [-0.1, -0.05) is 55.8 Å². The number of methoxy groups -OCH3 is 1. The summed E-state index contributed by atoms with van der Waals surface area (Å²) >= 11 is 3.34. The van der Waals surface area contributed by atoms with Crippen molar-refractivity contribution in [3.63, 3.8) is 0 Å². The van der Waals surface area contributed by atoms with E-state index in [-0.39, 0.29) is 5.97 Å². The molecular formula is C14H23BrO2. The second-order valence-corrected chi connectivity index (χ2v) is 3.34. The van der Waals surface area contributed by atoms with Crippen LogP contribution in [0.4, 0.5) is 0 Å². The first-order chi connectivity index (χ1) is 8.19. The van der Waals surface area contributed by atoms with Crippen LogP contribution in [0, 0.1) is 6.92 Å². The third-order valence-corrected chi connectivity index (χ3v) is 2.51. The van der Waals surface area contributed by atoms with Crippen molar-refractivity contribution in [2.24, 2.45) is 0 Å². The zero-order chi connectivity index (χ0) is 13.8. The summed E-state index contributed by atoms with van der Waals surface area (Å²) in [5.74, 6) is -0.277. The van der Waals surface area contributed by atoms with Gasteiger partial charge >= 0.3 is 5.97 Å². The van der Waals surface area contributed by atoms with Crippen molar-refractivity contribution in [2.45, 2.75) is 39.9 Å². The van der Waals surface area contributed by atoms with Crippen LogP contribution in [0.5, 0.6) is 0 Å². The van der Waals surface area contributed by atoms with Gasteiger partial charge in [0.2, 0.25) is 0 Å². The number of halogens is 1. The highest BCUT2D eigenvalue weighted by atomic mass is 79.9. The minimum atomic E-state index is -0.277. The molecular weight excluding hydrogens is 280 g/mol. The van der Waals surface area contributed by atoms with E-state index in [0.717, 1.165) is 16.5 Å². The molecule has 17 heavy (non-hydrogen) atoms. The fourth-order valence-electron chi connectivity index (χ4n) is 1.08. The fourth-order valence-corrected chi connectivity index (χ4v) is 1.43. The predicted octanol–water partition coefficient (Wildman–Crippen LogP) is 4.73. The van der Waals surface area contributed by atoms with E-state index in [1.807, 2.05) is 52.8 Å². The van der Waals surface area contributed by atoms with Gasteiger partial charge < -0.3 is 4.74 Å². The Kier molecular flexibility index (Phi) is 12.7. The maximum atomic E-state index is 11.3. The molecule has 0 aliphatic heterocycles. The normalized spacial score (nSPS) is 8.18. The van der Waals surface area contributed by atoms with Gasteiger partial charge in [-0.25, -0.2) is 4.79 Å². The zero-order valence-electron chi connectivity index (χ0n) is 11.6. The molecule has 0 aliphatic carbocycles. The highest BCUT2D eigenvalue weighted by Gasteiger charge is 2.08. The van der Waals surface area contributed by atoms with E-state index in [0.29, 0.717) is 5.56 Å². The summed E-state index contributed by atoms with van der Waals surface area (Å²) in [7, 11) is 1.39. The first-order valence-corrected chi connectivity index (χ1v) is 7.05. The van der Waals surface area contributed by atoms with Gasteiger partial charge in [0.25, 0.3) is 0 Å². The number of hydrogen-bond acceptors (Lipinski definition) is 2. The first-order valence-electron chi connectivity index (χ1n) is 5.93. The van der Waals surface area contributed by atoms with Gasteiger partial charge in [0.1, 0.15) is 0 Å². The molecule has 1 aromatic rings. The van der Waals surface area contributed by atoms with E-state index < -0.39 is 0 Å². The second kappa shape index (κ2) is 11.6. The molecule has 0 bridgehead atoms. The zero-order valence-corrected chi connectivity index (χ0v) is 13.2. The molecule has 0 unspecified atom stereocenters. The van der Waals surface area contributed by atoms with Gasteiger partial charge in [-0.2, -0.15) is 0 Å². The summed E-state index contributed by atoms with van der Waals surface area (Å²) in [4.78, 5) is 11.3. The Bertz CT molecular complexity index is 322. The molecule has 0 aliphatic rings. The van der Waals surface area contributed by atoms with Crippen LogP contribution in [0.3, 0.4) is 0 Å². The number of rotatable bonds is 2. The number of aryl methyl sites for hydroxylation is 1. The molecule has 0 saturated carbocycles. The number of benzene rings is 1. The minimum Gasteiger partial charge on any atom is -0.465 e. The van der Waals surface area contributed by atoms with Crippen LogP contribution in [0.15, 0.2) is 18.2 Å². The van der Waals surface area contributed by atoms with Crippen molar-refractivity contribution < 1.29 is 9.53 Å². The summed E-state index contributed by atoms with van der Waals surface area (Å²) in [5.41, 5.74) is 2.65. The molecule has 0 saturated heterocycles. The van der Waals surface area contributed by atoms with Crippen LogP contribution in [0.1, 0.15) is 49.2 Å². The van der Waals surface area contributed by atoms with Crippen molar-refractivity contribution >= 4 is 21.9 Å².